The summed E-state index contributed by atoms with van der Waals surface area (Å²) >= 11 is 3.37. The van der Waals surface area contributed by atoms with Gasteiger partial charge in [0.15, 0.2) is 5.82 Å². The molecular weight excluding hydrogens is 310 g/mol. The van der Waals surface area contributed by atoms with Gasteiger partial charge in [0.05, 0.1) is 4.88 Å². The SMILES string of the molecule is Cc1ccc2nc(-c3cccs3)c(/N=C/c3cccs3)n2c1. The van der Waals surface area contributed by atoms with E-state index >= 15 is 0 Å². The van der Waals surface area contributed by atoms with Crippen LogP contribution in [0.3, 0.4) is 0 Å². The first kappa shape index (κ1) is 13.4. The Morgan fingerprint density at radius 2 is 1.95 bits per heavy atom. The van der Waals surface area contributed by atoms with Crippen molar-refractivity contribution in [3.8, 4) is 10.6 Å². The first-order valence-corrected chi connectivity index (χ1v) is 8.67. The number of aliphatic imine (C=N–C) groups is 1. The van der Waals surface area contributed by atoms with Gasteiger partial charge in [0.2, 0.25) is 0 Å². The van der Waals surface area contributed by atoms with Crippen LogP contribution in [-0.2, 0) is 0 Å². The molecule has 4 aromatic heterocycles. The van der Waals surface area contributed by atoms with E-state index in [1.807, 2.05) is 24.4 Å². The summed E-state index contributed by atoms with van der Waals surface area (Å²) in [5.74, 6) is 0.884. The predicted octanol–water partition coefficient (Wildman–Crippen LogP) is 5.18. The molecule has 5 heteroatoms. The fourth-order valence-electron chi connectivity index (χ4n) is 2.33. The number of thiophene rings is 2. The lowest BCUT2D eigenvalue weighted by Gasteiger charge is -1.99. The van der Waals surface area contributed by atoms with Crippen LogP contribution in [0.25, 0.3) is 16.2 Å². The van der Waals surface area contributed by atoms with Crippen molar-refractivity contribution >= 4 is 40.4 Å². The second kappa shape index (κ2) is 5.51. The van der Waals surface area contributed by atoms with Gasteiger partial charge in [-0.25, -0.2) is 9.98 Å². The van der Waals surface area contributed by atoms with Gasteiger partial charge in [-0.2, -0.15) is 0 Å². The van der Waals surface area contributed by atoms with Crippen LogP contribution in [0.15, 0.2) is 58.3 Å². The van der Waals surface area contributed by atoms with Crippen LogP contribution in [0, 0.1) is 6.92 Å². The lowest BCUT2D eigenvalue weighted by molar-refractivity contribution is 1.14. The smallest absolute Gasteiger partial charge is 0.165 e. The molecule has 0 aromatic carbocycles. The van der Waals surface area contributed by atoms with Gasteiger partial charge in [-0.15, -0.1) is 22.7 Å². The van der Waals surface area contributed by atoms with Gasteiger partial charge in [0.1, 0.15) is 11.3 Å². The third-order valence-electron chi connectivity index (χ3n) is 3.35. The number of imidazole rings is 1. The maximum atomic E-state index is 4.76. The Bertz CT molecular complexity index is 932. The zero-order chi connectivity index (χ0) is 14.9. The Kier molecular flexibility index (Phi) is 3.36. The Morgan fingerprint density at radius 3 is 2.73 bits per heavy atom. The van der Waals surface area contributed by atoms with Crippen molar-refractivity contribution in [2.45, 2.75) is 6.92 Å². The molecule has 0 aliphatic carbocycles. The van der Waals surface area contributed by atoms with E-state index in [4.69, 9.17) is 9.98 Å². The fraction of sp³-hybridized carbons (Fsp3) is 0.0588. The number of rotatable bonds is 3. The summed E-state index contributed by atoms with van der Waals surface area (Å²) in [5, 5.41) is 4.12. The van der Waals surface area contributed by atoms with E-state index in [2.05, 4.69) is 46.5 Å². The van der Waals surface area contributed by atoms with Crippen LogP contribution in [0.1, 0.15) is 10.4 Å². The van der Waals surface area contributed by atoms with Gasteiger partial charge in [0, 0.05) is 17.3 Å². The second-order valence-corrected chi connectivity index (χ2v) is 6.90. The lowest BCUT2D eigenvalue weighted by atomic mass is 10.3. The molecule has 0 amide bonds. The second-order valence-electron chi connectivity index (χ2n) is 4.97. The summed E-state index contributed by atoms with van der Waals surface area (Å²) in [7, 11) is 0. The maximum Gasteiger partial charge on any atom is 0.165 e. The normalized spacial score (nSPS) is 11.7. The standard InChI is InChI=1S/C17H13N3S2/c1-12-6-7-15-19-16(14-5-3-9-22-14)17(20(15)11-12)18-10-13-4-2-8-21-13/h2-11H,1H3/b18-10+. The summed E-state index contributed by atoms with van der Waals surface area (Å²) < 4.78 is 2.06. The van der Waals surface area contributed by atoms with E-state index in [0.29, 0.717) is 0 Å². The van der Waals surface area contributed by atoms with Crippen molar-refractivity contribution < 1.29 is 0 Å². The molecule has 108 valence electrons. The molecule has 0 bridgehead atoms. The number of aromatic nitrogens is 2. The van der Waals surface area contributed by atoms with Crippen molar-refractivity contribution in [1.29, 1.82) is 0 Å². The molecule has 0 spiro atoms. The third kappa shape index (κ3) is 2.38. The van der Waals surface area contributed by atoms with Gasteiger partial charge in [-0.1, -0.05) is 18.2 Å². The van der Waals surface area contributed by atoms with E-state index in [1.54, 1.807) is 22.7 Å². The van der Waals surface area contributed by atoms with Crippen molar-refractivity contribution in [1.82, 2.24) is 9.38 Å². The van der Waals surface area contributed by atoms with E-state index in [1.165, 1.54) is 5.56 Å². The Labute approximate surface area is 136 Å². The molecule has 0 aliphatic rings. The van der Waals surface area contributed by atoms with E-state index in [9.17, 15) is 0 Å². The molecule has 0 unspecified atom stereocenters. The first-order valence-electron chi connectivity index (χ1n) is 6.91. The summed E-state index contributed by atoms with van der Waals surface area (Å²) in [6.45, 7) is 2.08. The Morgan fingerprint density at radius 1 is 1.09 bits per heavy atom. The molecule has 4 rings (SSSR count). The topological polar surface area (TPSA) is 29.7 Å². The minimum absolute atomic E-state index is 0.884. The summed E-state index contributed by atoms with van der Waals surface area (Å²) in [4.78, 5) is 11.8. The van der Waals surface area contributed by atoms with E-state index < -0.39 is 0 Å². The van der Waals surface area contributed by atoms with Crippen LogP contribution in [0.4, 0.5) is 5.82 Å². The van der Waals surface area contributed by atoms with Crippen molar-refractivity contribution in [2.24, 2.45) is 4.99 Å². The zero-order valence-corrected chi connectivity index (χ0v) is 13.6. The van der Waals surface area contributed by atoms with Crippen molar-refractivity contribution in [2.75, 3.05) is 0 Å². The predicted molar refractivity (Wildman–Crippen MR) is 94.8 cm³/mol. The molecule has 0 radical (unpaired) electrons. The first-order chi connectivity index (χ1) is 10.8. The highest BCUT2D eigenvalue weighted by atomic mass is 32.1. The molecular formula is C17H13N3S2. The minimum Gasteiger partial charge on any atom is -0.284 e. The van der Waals surface area contributed by atoms with Crippen LogP contribution in [-0.4, -0.2) is 15.6 Å². The van der Waals surface area contributed by atoms with Gasteiger partial charge < -0.3 is 0 Å². The molecule has 0 aliphatic heterocycles. The average molecular weight is 323 g/mol. The Balaban J connectivity index is 1.92. The number of hydrogen-bond donors (Lipinski definition) is 0. The maximum absolute atomic E-state index is 4.76. The number of pyridine rings is 1. The van der Waals surface area contributed by atoms with Crippen LogP contribution >= 0.6 is 22.7 Å². The number of fused-ring (bicyclic) bond motifs is 1. The zero-order valence-electron chi connectivity index (χ0n) is 11.9. The van der Waals surface area contributed by atoms with E-state index in [0.717, 1.165) is 26.9 Å². The summed E-state index contributed by atoms with van der Waals surface area (Å²) in [6, 6.07) is 12.3. The molecule has 4 aromatic rings. The largest absolute Gasteiger partial charge is 0.284 e. The third-order valence-corrected chi connectivity index (χ3v) is 5.04. The molecule has 22 heavy (non-hydrogen) atoms. The molecule has 0 N–H and O–H groups in total. The minimum atomic E-state index is 0.884. The number of hydrogen-bond acceptors (Lipinski definition) is 4. The Hall–Kier alpha value is -2.24. The highest BCUT2D eigenvalue weighted by Crippen LogP contribution is 2.34. The fourth-order valence-corrected chi connectivity index (χ4v) is 3.62. The van der Waals surface area contributed by atoms with Crippen LogP contribution in [0.2, 0.25) is 0 Å². The van der Waals surface area contributed by atoms with E-state index in [-0.39, 0.29) is 0 Å². The number of nitrogens with zero attached hydrogens (tertiary/aromatic N) is 3. The molecule has 0 fully saturated rings. The van der Waals surface area contributed by atoms with Gasteiger partial charge in [-0.3, -0.25) is 4.40 Å². The molecule has 4 heterocycles. The highest BCUT2D eigenvalue weighted by Gasteiger charge is 2.14. The molecule has 0 atom stereocenters. The lowest BCUT2D eigenvalue weighted by Crippen LogP contribution is -1.85. The summed E-state index contributed by atoms with van der Waals surface area (Å²) in [6.07, 6.45) is 3.99. The van der Waals surface area contributed by atoms with Crippen molar-refractivity contribution in [3.05, 3.63) is 63.8 Å². The van der Waals surface area contributed by atoms with Gasteiger partial charge >= 0.3 is 0 Å². The molecule has 0 saturated heterocycles. The van der Waals surface area contributed by atoms with Crippen molar-refractivity contribution in [3.63, 3.8) is 0 Å². The van der Waals surface area contributed by atoms with Gasteiger partial charge in [-0.05, 0) is 41.4 Å². The summed E-state index contributed by atoms with van der Waals surface area (Å²) in [5.41, 5.74) is 3.05. The monoisotopic (exact) mass is 323 g/mol. The van der Waals surface area contributed by atoms with Gasteiger partial charge in [0.25, 0.3) is 0 Å². The molecule has 3 nitrogen and oxygen atoms in total. The highest BCUT2D eigenvalue weighted by molar-refractivity contribution is 7.13. The number of aryl methyl sites for hydroxylation is 1. The average Bonchev–Trinajstić information content (AvgIpc) is 3.25. The quantitative estimate of drug-likeness (QED) is 0.477. The molecule has 0 saturated carbocycles. The van der Waals surface area contributed by atoms with Crippen LogP contribution in [0.5, 0.6) is 0 Å². The van der Waals surface area contributed by atoms with Crippen LogP contribution < -0.4 is 0 Å².